The summed E-state index contributed by atoms with van der Waals surface area (Å²) >= 11 is 0. The average molecular weight is 241 g/mol. The van der Waals surface area contributed by atoms with Crippen LogP contribution in [-0.4, -0.2) is 5.91 Å². The zero-order valence-electron chi connectivity index (χ0n) is 10.1. The lowest BCUT2D eigenvalue weighted by Gasteiger charge is -2.12. The van der Waals surface area contributed by atoms with E-state index in [-0.39, 0.29) is 0 Å². The van der Waals surface area contributed by atoms with Gasteiger partial charge in [-0.05, 0) is 36.8 Å². The molecule has 0 atom stereocenters. The van der Waals surface area contributed by atoms with Crippen molar-refractivity contribution in [2.45, 2.75) is 6.92 Å². The average Bonchev–Trinajstić information content (AvgIpc) is 2.32. The van der Waals surface area contributed by atoms with Gasteiger partial charge in [-0.25, -0.2) is 0 Å². The summed E-state index contributed by atoms with van der Waals surface area (Å²) in [5.41, 5.74) is 14.7. The molecular formula is C14H15N3O. The van der Waals surface area contributed by atoms with Crippen LogP contribution < -0.4 is 16.8 Å². The highest BCUT2D eigenvalue weighted by atomic mass is 16.1. The fraction of sp³-hybridized carbons (Fsp3) is 0.0714. The third-order valence-electron chi connectivity index (χ3n) is 2.72. The van der Waals surface area contributed by atoms with Gasteiger partial charge >= 0.3 is 0 Å². The van der Waals surface area contributed by atoms with Gasteiger partial charge in [0, 0.05) is 11.4 Å². The van der Waals surface area contributed by atoms with Crippen LogP contribution in [0.4, 0.5) is 17.1 Å². The number of para-hydroxylation sites is 1. The van der Waals surface area contributed by atoms with Gasteiger partial charge in [-0.1, -0.05) is 18.2 Å². The Kier molecular flexibility index (Phi) is 3.19. The van der Waals surface area contributed by atoms with Crippen LogP contribution in [0.2, 0.25) is 0 Å². The fourth-order valence-electron chi connectivity index (χ4n) is 1.74. The highest BCUT2D eigenvalue weighted by Crippen LogP contribution is 2.25. The summed E-state index contributed by atoms with van der Waals surface area (Å²) in [7, 11) is 0. The molecule has 0 aliphatic rings. The molecule has 0 saturated carbocycles. The van der Waals surface area contributed by atoms with Crippen molar-refractivity contribution in [3.05, 3.63) is 53.6 Å². The first-order valence-corrected chi connectivity index (χ1v) is 5.60. The molecule has 4 nitrogen and oxygen atoms in total. The third kappa shape index (κ3) is 2.43. The van der Waals surface area contributed by atoms with Crippen LogP contribution in [0.3, 0.4) is 0 Å². The molecule has 0 bridgehead atoms. The van der Waals surface area contributed by atoms with Crippen molar-refractivity contribution in [3.8, 4) is 0 Å². The lowest BCUT2D eigenvalue weighted by atomic mass is 10.1. The van der Waals surface area contributed by atoms with E-state index in [1.54, 1.807) is 18.2 Å². The maximum absolute atomic E-state index is 11.3. The predicted molar refractivity (Wildman–Crippen MR) is 73.8 cm³/mol. The SMILES string of the molecule is Cc1ccccc1Nc1cc(N)ccc1C(N)=O. The quantitative estimate of drug-likeness (QED) is 0.722. The van der Waals surface area contributed by atoms with Crippen molar-refractivity contribution in [1.82, 2.24) is 0 Å². The van der Waals surface area contributed by atoms with Gasteiger partial charge in [-0.3, -0.25) is 4.79 Å². The van der Waals surface area contributed by atoms with E-state index in [1.165, 1.54) is 0 Å². The minimum atomic E-state index is -0.480. The molecule has 0 aliphatic carbocycles. The smallest absolute Gasteiger partial charge is 0.250 e. The second-order valence-corrected chi connectivity index (χ2v) is 4.11. The van der Waals surface area contributed by atoms with E-state index in [0.29, 0.717) is 16.9 Å². The van der Waals surface area contributed by atoms with Crippen molar-refractivity contribution in [2.24, 2.45) is 5.73 Å². The molecular weight excluding hydrogens is 226 g/mol. The zero-order chi connectivity index (χ0) is 13.1. The Balaban J connectivity index is 2.42. The number of nitrogen functional groups attached to an aromatic ring is 1. The lowest BCUT2D eigenvalue weighted by Crippen LogP contribution is -2.13. The van der Waals surface area contributed by atoms with Crippen molar-refractivity contribution >= 4 is 23.0 Å². The van der Waals surface area contributed by atoms with Crippen molar-refractivity contribution < 1.29 is 4.79 Å². The van der Waals surface area contributed by atoms with Gasteiger partial charge in [0.2, 0.25) is 0 Å². The van der Waals surface area contributed by atoms with E-state index < -0.39 is 5.91 Å². The molecule has 0 heterocycles. The molecule has 0 radical (unpaired) electrons. The number of hydrogen-bond donors (Lipinski definition) is 3. The Labute approximate surface area is 106 Å². The Hall–Kier alpha value is -2.49. The summed E-state index contributed by atoms with van der Waals surface area (Å²) in [6.07, 6.45) is 0. The number of carbonyl (C=O) groups is 1. The molecule has 0 aliphatic heterocycles. The van der Waals surface area contributed by atoms with Gasteiger partial charge in [0.05, 0.1) is 11.3 Å². The summed E-state index contributed by atoms with van der Waals surface area (Å²) in [5.74, 6) is -0.480. The lowest BCUT2D eigenvalue weighted by molar-refractivity contribution is 0.100. The summed E-state index contributed by atoms with van der Waals surface area (Å²) < 4.78 is 0. The Morgan fingerprint density at radius 2 is 1.83 bits per heavy atom. The molecule has 0 aromatic heterocycles. The first-order valence-electron chi connectivity index (χ1n) is 5.60. The summed E-state index contributed by atoms with van der Waals surface area (Å²) in [4.78, 5) is 11.3. The topological polar surface area (TPSA) is 81.1 Å². The van der Waals surface area contributed by atoms with Gasteiger partial charge in [0.25, 0.3) is 5.91 Å². The van der Waals surface area contributed by atoms with Crippen LogP contribution in [-0.2, 0) is 0 Å². The van der Waals surface area contributed by atoms with E-state index >= 15 is 0 Å². The fourth-order valence-corrected chi connectivity index (χ4v) is 1.74. The molecule has 0 spiro atoms. The van der Waals surface area contributed by atoms with Crippen LogP contribution in [0.5, 0.6) is 0 Å². The van der Waals surface area contributed by atoms with Crippen LogP contribution in [0, 0.1) is 6.92 Å². The number of benzene rings is 2. The van der Waals surface area contributed by atoms with E-state index in [1.807, 2.05) is 31.2 Å². The normalized spacial score (nSPS) is 10.1. The molecule has 92 valence electrons. The minimum Gasteiger partial charge on any atom is -0.399 e. The number of amides is 1. The minimum absolute atomic E-state index is 0.424. The number of nitrogens with one attached hydrogen (secondary N) is 1. The van der Waals surface area contributed by atoms with E-state index in [0.717, 1.165) is 11.3 Å². The Morgan fingerprint density at radius 1 is 1.11 bits per heavy atom. The third-order valence-corrected chi connectivity index (χ3v) is 2.72. The number of nitrogens with two attached hydrogens (primary N) is 2. The number of anilines is 3. The van der Waals surface area contributed by atoms with E-state index in [2.05, 4.69) is 5.32 Å². The molecule has 5 N–H and O–H groups in total. The number of rotatable bonds is 3. The summed E-state index contributed by atoms with van der Waals surface area (Å²) in [6, 6.07) is 12.8. The predicted octanol–water partition coefficient (Wildman–Crippen LogP) is 2.42. The van der Waals surface area contributed by atoms with E-state index in [4.69, 9.17) is 11.5 Å². The molecule has 2 rings (SSSR count). The Morgan fingerprint density at radius 3 is 2.50 bits per heavy atom. The number of primary amides is 1. The second-order valence-electron chi connectivity index (χ2n) is 4.11. The number of aryl methyl sites for hydroxylation is 1. The molecule has 4 heteroatoms. The van der Waals surface area contributed by atoms with Crippen molar-refractivity contribution in [2.75, 3.05) is 11.1 Å². The van der Waals surface area contributed by atoms with Gasteiger partial charge in [0.15, 0.2) is 0 Å². The summed E-state index contributed by atoms with van der Waals surface area (Å²) in [5, 5.41) is 3.18. The highest BCUT2D eigenvalue weighted by molar-refractivity contribution is 6.00. The summed E-state index contributed by atoms with van der Waals surface area (Å²) in [6.45, 7) is 1.98. The first kappa shape index (κ1) is 12.0. The van der Waals surface area contributed by atoms with Crippen molar-refractivity contribution in [1.29, 1.82) is 0 Å². The van der Waals surface area contributed by atoms with Crippen LogP contribution in [0.1, 0.15) is 15.9 Å². The van der Waals surface area contributed by atoms with Crippen molar-refractivity contribution in [3.63, 3.8) is 0 Å². The van der Waals surface area contributed by atoms with Gasteiger partial charge in [-0.15, -0.1) is 0 Å². The highest BCUT2D eigenvalue weighted by Gasteiger charge is 2.09. The van der Waals surface area contributed by atoms with Gasteiger partial charge in [0.1, 0.15) is 0 Å². The zero-order valence-corrected chi connectivity index (χ0v) is 10.1. The molecule has 1 amide bonds. The molecule has 0 fully saturated rings. The van der Waals surface area contributed by atoms with Crippen LogP contribution >= 0.6 is 0 Å². The maximum Gasteiger partial charge on any atom is 0.250 e. The molecule has 18 heavy (non-hydrogen) atoms. The maximum atomic E-state index is 11.3. The number of hydrogen-bond acceptors (Lipinski definition) is 3. The standard InChI is InChI=1S/C14H15N3O/c1-9-4-2-3-5-12(9)17-13-8-10(15)6-7-11(13)14(16)18/h2-8,17H,15H2,1H3,(H2,16,18). The molecule has 2 aromatic rings. The van der Waals surface area contributed by atoms with Crippen LogP contribution in [0.15, 0.2) is 42.5 Å². The first-order chi connectivity index (χ1) is 8.58. The van der Waals surface area contributed by atoms with Gasteiger partial charge in [-0.2, -0.15) is 0 Å². The van der Waals surface area contributed by atoms with E-state index in [9.17, 15) is 4.79 Å². The second kappa shape index (κ2) is 4.79. The molecule has 0 unspecified atom stereocenters. The monoisotopic (exact) mass is 241 g/mol. The van der Waals surface area contributed by atoms with Gasteiger partial charge < -0.3 is 16.8 Å². The largest absolute Gasteiger partial charge is 0.399 e. The Bertz CT molecular complexity index is 593. The molecule has 2 aromatic carbocycles. The number of carbonyl (C=O) groups excluding carboxylic acids is 1. The van der Waals surface area contributed by atoms with Crippen LogP contribution in [0.25, 0.3) is 0 Å². The molecule has 0 saturated heterocycles.